The fourth-order valence-electron chi connectivity index (χ4n) is 0.780. The van der Waals surface area contributed by atoms with Gasteiger partial charge >= 0.3 is 8.25 Å². The van der Waals surface area contributed by atoms with Gasteiger partial charge in [0.05, 0.1) is 0 Å². The Kier molecular flexibility index (Phi) is 4.91. The van der Waals surface area contributed by atoms with Crippen molar-refractivity contribution in [2.45, 2.75) is 0 Å². The Hall–Kier alpha value is -1.98. The summed E-state index contributed by atoms with van der Waals surface area (Å²) in [6.45, 7) is 0. The second-order valence-electron chi connectivity index (χ2n) is 2.55. The molecule has 0 spiro atoms. The van der Waals surface area contributed by atoms with Gasteiger partial charge in [-0.2, -0.15) is 0 Å². The Labute approximate surface area is 92.4 Å². The zero-order valence-corrected chi connectivity index (χ0v) is 9.07. The van der Waals surface area contributed by atoms with Crippen LogP contribution in [0.1, 0.15) is 0 Å². The summed E-state index contributed by atoms with van der Waals surface area (Å²) in [5.74, 6) is 5.48. The van der Waals surface area contributed by atoms with Gasteiger partial charge in [0.25, 0.3) is 0 Å². The molecule has 1 aromatic carbocycles. The highest BCUT2D eigenvalue weighted by atomic mass is 31.1. The molecule has 0 fully saturated rings. The van der Waals surface area contributed by atoms with E-state index in [4.69, 9.17) is 10.7 Å². The van der Waals surface area contributed by atoms with Crippen LogP contribution >= 0.6 is 8.25 Å². The molecule has 0 bridgehead atoms. The van der Waals surface area contributed by atoms with Crippen molar-refractivity contribution >= 4 is 8.25 Å². The Morgan fingerprint density at radius 1 is 1.25 bits per heavy atom. The highest BCUT2D eigenvalue weighted by molar-refractivity contribution is 7.32. The van der Waals surface area contributed by atoms with Crippen LogP contribution in [0.2, 0.25) is 0 Å². The molecule has 2 rings (SSSR count). The molecular weight excluding hydrogens is 231 g/mol. The first kappa shape index (κ1) is 12.1. The first-order valence-corrected chi connectivity index (χ1v) is 5.30. The smallest absolute Gasteiger partial charge is 0.337 e. The number of para-hydroxylation sites is 1. The zero-order chi connectivity index (χ0) is 11.8. The maximum absolute atomic E-state index is 10.1. The molecular formula is C8H10N4O3P+. The van der Waals surface area contributed by atoms with Gasteiger partial charge in [-0.25, -0.2) is 9.20 Å². The van der Waals surface area contributed by atoms with Gasteiger partial charge < -0.3 is 5.84 Å². The summed E-state index contributed by atoms with van der Waals surface area (Å²) in [6, 6.07) is 8.49. The van der Waals surface area contributed by atoms with Crippen molar-refractivity contribution in [2.24, 2.45) is 0 Å². The molecule has 8 heteroatoms. The van der Waals surface area contributed by atoms with Gasteiger partial charge in [-0.05, 0) is 12.1 Å². The largest absolute Gasteiger partial charge is 0.747 e. The second-order valence-corrected chi connectivity index (χ2v) is 3.21. The van der Waals surface area contributed by atoms with Crippen molar-refractivity contribution in [3.8, 4) is 5.75 Å². The maximum atomic E-state index is 10.1. The fraction of sp³-hybridized carbons (Fsp3) is 0. The van der Waals surface area contributed by atoms with Gasteiger partial charge in [0.15, 0.2) is 5.75 Å². The maximum Gasteiger partial charge on any atom is 0.747 e. The SMILES string of the molecule is Nn1cnnc1.O=[P+](O)Oc1ccccc1. The van der Waals surface area contributed by atoms with Gasteiger partial charge in [-0.15, -0.1) is 15.1 Å². The van der Waals surface area contributed by atoms with Crippen molar-refractivity contribution in [3.05, 3.63) is 43.0 Å². The third-order valence-corrected chi connectivity index (χ3v) is 1.73. The van der Waals surface area contributed by atoms with E-state index < -0.39 is 8.25 Å². The van der Waals surface area contributed by atoms with Gasteiger partial charge in [-0.3, -0.25) is 0 Å². The highest BCUT2D eigenvalue weighted by Gasteiger charge is 2.12. The minimum atomic E-state index is -2.53. The molecule has 0 aliphatic heterocycles. The van der Waals surface area contributed by atoms with Crippen LogP contribution in [-0.4, -0.2) is 19.8 Å². The van der Waals surface area contributed by atoms with E-state index in [2.05, 4.69) is 14.7 Å². The first-order chi connectivity index (χ1) is 7.68. The van der Waals surface area contributed by atoms with Crippen LogP contribution in [0.15, 0.2) is 43.0 Å². The van der Waals surface area contributed by atoms with Gasteiger partial charge in [0.1, 0.15) is 12.7 Å². The lowest BCUT2D eigenvalue weighted by molar-refractivity contribution is 0.410. The van der Waals surface area contributed by atoms with Crippen molar-refractivity contribution in [1.29, 1.82) is 0 Å². The van der Waals surface area contributed by atoms with Gasteiger partial charge in [-0.1, -0.05) is 18.2 Å². The molecule has 2 aromatic rings. The van der Waals surface area contributed by atoms with E-state index in [9.17, 15) is 4.57 Å². The summed E-state index contributed by atoms with van der Waals surface area (Å²) in [5.41, 5.74) is 0. The van der Waals surface area contributed by atoms with E-state index in [1.54, 1.807) is 30.3 Å². The number of nitrogen functional groups attached to an aromatic ring is 1. The Balaban J connectivity index is 0.000000181. The standard InChI is InChI=1S/C6H5O3P.C2H4N4/c7-10(8)9-6-4-2-1-3-5-6;3-6-1-4-5-2-6/h1-5H;1-2H,3H2/p+1. The molecule has 0 aliphatic rings. The second kappa shape index (κ2) is 6.49. The number of aromatic nitrogens is 3. The topological polar surface area (TPSA) is 103 Å². The van der Waals surface area contributed by atoms with Crippen LogP contribution in [-0.2, 0) is 4.57 Å². The number of hydrogen-bond acceptors (Lipinski definition) is 5. The molecule has 3 N–H and O–H groups in total. The molecule has 7 nitrogen and oxygen atoms in total. The van der Waals surface area contributed by atoms with Crippen LogP contribution in [0.25, 0.3) is 0 Å². The minimum absolute atomic E-state index is 0.408. The minimum Gasteiger partial charge on any atom is -0.337 e. The molecule has 1 aromatic heterocycles. The zero-order valence-electron chi connectivity index (χ0n) is 8.17. The average molecular weight is 241 g/mol. The molecule has 84 valence electrons. The molecule has 0 radical (unpaired) electrons. The van der Waals surface area contributed by atoms with Crippen molar-refractivity contribution < 1.29 is 14.0 Å². The lowest BCUT2D eigenvalue weighted by Crippen LogP contribution is -2.02. The van der Waals surface area contributed by atoms with Crippen LogP contribution in [0.3, 0.4) is 0 Å². The number of rotatable bonds is 2. The van der Waals surface area contributed by atoms with Crippen LogP contribution in [0.5, 0.6) is 5.75 Å². The molecule has 16 heavy (non-hydrogen) atoms. The Morgan fingerprint density at radius 3 is 2.19 bits per heavy atom. The fourth-order valence-corrected chi connectivity index (χ4v) is 1.08. The number of benzene rings is 1. The molecule has 0 aliphatic carbocycles. The van der Waals surface area contributed by atoms with E-state index in [1.807, 2.05) is 0 Å². The third-order valence-electron chi connectivity index (χ3n) is 1.36. The van der Waals surface area contributed by atoms with E-state index in [0.29, 0.717) is 5.75 Å². The molecule has 0 saturated heterocycles. The lowest BCUT2D eigenvalue weighted by Gasteiger charge is -1.86. The predicted octanol–water partition coefficient (Wildman–Crippen LogP) is 0.707. The Morgan fingerprint density at radius 2 is 1.81 bits per heavy atom. The molecule has 1 atom stereocenters. The molecule has 1 heterocycles. The summed E-state index contributed by atoms with van der Waals surface area (Å²) in [5, 5.41) is 6.82. The van der Waals surface area contributed by atoms with Crippen LogP contribution in [0.4, 0.5) is 0 Å². The first-order valence-electron chi connectivity index (χ1n) is 4.17. The lowest BCUT2D eigenvalue weighted by atomic mass is 10.3. The summed E-state index contributed by atoms with van der Waals surface area (Å²) in [4.78, 5) is 8.29. The number of hydrogen-bond donors (Lipinski definition) is 2. The third kappa shape index (κ3) is 5.04. The summed E-state index contributed by atoms with van der Waals surface area (Å²) in [6.07, 6.45) is 2.83. The van der Waals surface area contributed by atoms with Crippen LogP contribution in [0, 0.1) is 0 Å². The van der Waals surface area contributed by atoms with E-state index >= 15 is 0 Å². The van der Waals surface area contributed by atoms with Gasteiger partial charge in [0, 0.05) is 4.57 Å². The monoisotopic (exact) mass is 241 g/mol. The van der Waals surface area contributed by atoms with Crippen molar-refractivity contribution in [1.82, 2.24) is 14.9 Å². The van der Waals surface area contributed by atoms with E-state index in [0.717, 1.165) is 0 Å². The molecule has 1 unspecified atom stereocenters. The quantitative estimate of drug-likeness (QED) is 0.592. The summed E-state index contributed by atoms with van der Waals surface area (Å²) >= 11 is 0. The van der Waals surface area contributed by atoms with Crippen molar-refractivity contribution in [3.63, 3.8) is 0 Å². The van der Waals surface area contributed by atoms with Crippen LogP contribution < -0.4 is 10.4 Å². The molecule has 0 amide bonds. The average Bonchev–Trinajstić information content (AvgIpc) is 2.71. The van der Waals surface area contributed by atoms with E-state index in [-0.39, 0.29) is 0 Å². The number of nitrogens with two attached hydrogens (primary N) is 1. The van der Waals surface area contributed by atoms with E-state index in [1.165, 1.54) is 17.3 Å². The van der Waals surface area contributed by atoms with Gasteiger partial charge in [0.2, 0.25) is 0 Å². The van der Waals surface area contributed by atoms with Crippen molar-refractivity contribution in [2.75, 3.05) is 5.84 Å². The summed E-state index contributed by atoms with van der Waals surface area (Å²) in [7, 11) is -2.53. The number of nitrogens with zero attached hydrogens (tertiary/aromatic N) is 3. The summed E-state index contributed by atoms with van der Waals surface area (Å²) < 4.78 is 15.9. The Bertz CT molecular complexity index is 420. The predicted molar refractivity (Wildman–Crippen MR) is 57.1 cm³/mol. The molecule has 0 saturated carbocycles. The normalized spacial score (nSPS) is 9.94. The highest BCUT2D eigenvalue weighted by Crippen LogP contribution is 2.21.